The van der Waals surface area contributed by atoms with E-state index in [0.717, 1.165) is 11.6 Å². The van der Waals surface area contributed by atoms with Crippen LogP contribution < -0.4 is 10.6 Å². The van der Waals surface area contributed by atoms with Gasteiger partial charge in [-0.25, -0.2) is 0 Å². The van der Waals surface area contributed by atoms with Gasteiger partial charge in [0.2, 0.25) is 11.8 Å². The number of carbonyl (C=O) groups is 2. The summed E-state index contributed by atoms with van der Waals surface area (Å²) in [5, 5.41) is 15.3. The topological polar surface area (TPSA) is 78.4 Å². The molecule has 0 saturated carbocycles. The molecule has 2 atom stereocenters. The van der Waals surface area contributed by atoms with E-state index in [0.29, 0.717) is 6.42 Å². The van der Waals surface area contributed by atoms with Crippen molar-refractivity contribution in [3.05, 3.63) is 48.6 Å². The highest BCUT2D eigenvalue weighted by Crippen LogP contribution is 2.06. The minimum atomic E-state index is -0.654. The third-order valence-electron chi connectivity index (χ3n) is 3.09. The van der Waals surface area contributed by atoms with Crippen molar-refractivity contribution in [2.24, 2.45) is 0 Å². The Bertz CT molecular complexity index is 474. The van der Waals surface area contributed by atoms with Crippen LogP contribution in [-0.2, 0) is 16.0 Å². The highest BCUT2D eigenvalue weighted by Gasteiger charge is 2.16. The summed E-state index contributed by atoms with van der Waals surface area (Å²) in [5.74, 6) is -0.515. The van der Waals surface area contributed by atoms with Crippen LogP contribution in [0.1, 0.15) is 18.9 Å². The molecule has 0 saturated heterocycles. The number of nitrogens with one attached hydrogen (secondary N) is 2. The molecule has 0 aliphatic carbocycles. The van der Waals surface area contributed by atoms with Gasteiger partial charge in [-0.3, -0.25) is 9.59 Å². The van der Waals surface area contributed by atoms with Gasteiger partial charge in [0, 0.05) is 19.4 Å². The van der Waals surface area contributed by atoms with Gasteiger partial charge in [-0.1, -0.05) is 36.9 Å². The third kappa shape index (κ3) is 6.72. The quantitative estimate of drug-likeness (QED) is 0.619. The van der Waals surface area contributed by atoms with Crippen LogP contribution in [0.25, 0.3) is 0 Å². The van der Waals surface area contributed by atoms with Crippen LogP contribution in [0.3, 0.4) is 0 Å². The molecule has 1 aromatic rings. The molecule has 0 aromatic heterocycles. The van der Waals surface area contributed by atoms with Crippen LogP contribution in [-0.4, -0.2) is 35.6 Å². The van der Waals surface area contributed by atoms with E-state index in [1.807, 2.05) is 30.3 Å². The summed E-state index contributed by atoms with van der Waals surface area (Å²) in [6, 6.07) is 9.25. The predicted molar refractivity (Wildman–Crippen MR) is 81.6 cm³/mol. The minimum Gasteiger partial charge on any atom is -0.391 e. The lowest BCUT2D eigenvalue weighted by molar-refractivity contribution is -0.122. The molecule has 0 fully saturated rings. The normalized spacial score (nSPS) is 13.0. The van der Waals surface area contributed by atoms with Crippen molar-refractivity contribution < 1.29 is 14.7 Å². The number of benzene rings is 1. The zero-order valence-electron chi connectivity index (χ0n) is 12.2. The predicted octanol–water partition coefficient (Wildman–Crippen LogP) is 0.787. The van der Waals surface area contributed by atoms with E-state index in [1.165, 1.54) is 0 Å². The van der Waals surface area contributed by atoms with Gasteiger partial charge in [-0.15, -0.1) is 0 Å². The number of amides is 2. The van der Waals surface area contributed by atoms with Crippen molar-refractivity contribution in [1.29, 1.82) is 0 Å². The summed E-state index contributed by atoms with van der Waals surface area (Å²) in [4.78, 5) is 22.6. The molecule has 21 heavy (non-hydrogen) atoms. The van der Waals surface area contributed by atoms with Crippen LogP contribution >= 0.6 is 0 Å². The maximum atomic E-state index is 11.7. The Kier molecular flexibility index (Phi) is 7.18. The van der Waals surface area contributed by atoms with Crippen LogP contribution in [0.15, 0.2) is 43.0 Å². The largest absolute Gasteiger partial charge is 0.391 e. The Morgan fingerprint density at radius 3 is 2.62 bits per heavy atom. The zero-order valence-corrected chi connectivity index (χ0v) is 12.2. The first-order valence-electron chi connectivity index (χ1n) is 6.94. The van der Waals surface area contributed by atoms with Crippen molar-refractivity contribution in [1.82, 2.24) is 10.6 Å². The molecule has 5 heteroatoms. The van der Waals surface area contributed by atoms with Crippen molar-refractivity contribution in [3.63, 3.8) is 0 Å². The molecule has 0 spiro atoms. The summed E-state index contributed by atoms with van der Waals surface area (Å²) in [5.41, 5.74) is 1.02. The number of rotatable bonds is 8. The molecule has 1 rings (SSSR count). The van der Waals surface area contributed by atoms with E-state index in [9.17, 15) is 14.7 Å². The first kappa shape index (κ1) is 16.9. The second kappa shape index (κ2) is 8.92. The van der Waals surface area contributed by atoms with Gasteiger partial charge >= 0.3 is 0 Å². The van der Waals surface area contributed by atoms with Crippen molar-refractivity contribution >= 4 is 11.8 Å². The molecule has 0 heterocycles. The van der Waals surface area contributed by atoms with Gasteiger partial charge in [-0.05, 0) is 18.6 Å². The maximum absolute atomic E-state index is 11.7. The van der Waals surface area contributed by atoms with Crippen LogP contribution in [0.4, 0.5) is 0 Å². The standard InChI is InChI=1S/C16H22N2O3/c1-3-15(20)17-10-9-16(21)18-12(2)14(19)11-13-7-5-4-6-8-13/h3-8,12,14,19H,1,9-11H2,2H3,(H,17,20)(H,18,21). The highest BCUT2D eigenvalue weighted by molar-refractivity contribution is 5.87. The second-order valence-electron chi connectivity index (χ2n) is 4.86. The monoisotopic (exact) mass is 290 g/mol. The van der Waals surface area contributed by atoms with E-state index in [4.69, 9.17) is 0 Å². The fraction of sp³-hybridized carbons (Fsp3) is 0.375. The van der Waals surface area contributed by atoms with E-state index in [-0.39, 0.29) is 30.8 Å². The van der Waals surface area contributed by atoms with E-state index in [1.54, 1.807) is 6.92 Å². The molecular formula is C16H22N2O3. The Morgan fingerprint density at radius 1 is 1.33 bits per heavy atom. The van der Waals surface area contributed by atoms with Crippen LogP contribution in [0.5, 0.6) is 0 Å². The lowest BCUT2D eigenvalue weighted by Crippen LogP contribution is -2.43. The molecule has 0 aliphatic heterocycles. The average molecular weight is 290 g/mol. The van der Waals surface area contributed by atoms with E-state index >= 15 is 0 Å². The molecule has 2 amide bonds. The first-order chi connectivity index (χ1) is 10.0. The number of carbonyl (C=O) groups excluding carboxylic acids is 2. The molecule has 114 valence electrons. The molecular weight excluding hydrogens is 268 g/mol. The van der Waals surface area contributed by atoms with Gasteiger partial charge in [0.25, 0.3) is 0 Å². The van der Waals surface area contributed by atoms with Crippen LogP contribution in [0, 0.1) is 0 Å². The summed E-state index contributed by atoms with van der Waals surface area (Å²) >= 11 is 0. The SMILES string of the molecule is C=CC(=O)NCCC(=O)NC(C)C(O)Cc1ccccc1. The van der Waals surface area contributed by atoms with Gasteiger partial charge in [0.15, 0.2) is 0 Å². The molecule has 0 aliphatic rings. The fourth-order valence-electron chi connectivity index (χ4n) is 1.83. The lowest BCUT2D eigenvalue weighted by Gasteiger charge is -2.20. The lowest BCUT2D eigenvalue weighted by atomic mass is 10.0. The Morgan fingerprint density at radius 2 is 2.00 bits per heavy atom. The summed E-state index contributed by atoms with van der Waals surface area (Å²) in [6.07, 6.45) is 1.15. The first-order valence-corrected chi connectivity index (χ1v) is 6.94. The number of aliphatic hydroxyl groups is 1. The number of hydrogen-bond acceptors (Lipinski definition) is 3. The molecule has 0 bridgehead atoms. The van der Waals surface area contributed by atoms with Gasteiger partial charge in [-0.2, -0.15) is 0 Å². The van der Waals surface area contributed by atoms with Crippen molar-refractivity contribution in [3.8, 4) is 0 Å². The number of aliphatic hydroxyl groups excluding tert-OH is 1. The molecule has 3 N–H and O–H groups in total. The molecule has 5 nitrogen and oxygen atoms in total. The maximum Gasteiger partial charge on any atom is 0.243 e. The summed E-state index contributed by atoms with van der Waals surface area (Å²) < 4.78 is 0. The summed E-state index contributed by atoms with van der Waals surface area (Å²) in [6.45, 7) is 5.33. The average Bonchev–Trinajstić information content (AvgIpc) is 2.47. The van der Waals surface area contributed by atoms with Gasteiger partial charge in [0.1, 0.15) is 0 Å². The molecule has 1 aromatic carbocycles. The molecule has 2 unspecified atom stereocenters. The zero-order chi connectivity index (χ0) is 15.7. The van der Waals surface area contributed by atoms with Crippen LogP contribution in [0.2, 0.25) is 0 Å². The summed E-state index contributed by atoms with van der Waals surface area (Å²) in [7, 11) is 0. The highest BCUT2D eigenvalue weighted by atomic mass is 16.3. The van der Waals surface area contributed by atoms with Crippen molar-refractivity contribution in [2.45, 2.75) is 31.9 Å². The van der Waals surface area contributed by atoms with Gasteiger partial charge in [0.05, 0.1) is 12.1 Å². The Labute approximate surface area is 125 Å². The Balaban J connectivity index is 2.31. The van der Waals surface area contributed by atoms with Gasteiger partial charge < -0.3 is 15.7 Å². The third-order valence-corrected chi connectivity index (χ3v) is 3.09. The second-order valence-corrected chi connectivity index (χ2v) is 4.86. The minimum absolute atomic E-state index is 0.169. The molecule has 0 radical (unpaired) electrons. The van der Waals surface area contributed by atoms with Crippen molar-refractivity contribution in [2.75, 3.05) is 6.54 Å². The Hall–Kier alpha value is -2.14. The van der Waals surface area contributed by atoms with E-state index in [2.05, 4.69) is 17.2 Å². The fourth-order valence-corrected chi connectivity index (χ4v) is 1.83. The van der Waals surface area contributed by atoms with E-state index < -0.39 is 6.10 Å². The number of hydrogen-bond donors (Lipinski definition) is 3. The smallest absolute Gasteiger partial charge is 0.243 e.